The zero-order chi connectivity index (χ0) is 33.9. The van der Waals surface area contributed by atoms with E-state index in [-0.39, 0.29) is 37.3 Å². The zero-order valence-electron chi connectivity index (χ0n) is 33.2. The summed E-state index contributed by atoms with van der Waals surface area (Å²) in [6, 6.07) is 0. The van der Waals surface area contributed by atoms with Crippen LogP contribution in [0.4, 0.5) is 4.79 Å². The number of carbonyl (C=O) groups excluding carboxylic acids is 1. The molecule has 2 unspecified atom stereocenters. The van der Waals surface area contributed by atoms with Crippen molar-refractivity contribution in [2.75, 3.05) is 26.2 Å². The molecule has 0 aliphatic rings. The second-order valence-corrected chi connectivity index (χ2v) is 14.1. The van der Waals surface area contributed by atoms with Crippen LogP contribution in [0.25, 0.3) is 0 Å². The van der Waals surface area contributed by atoms with Crippen LogP contribution in [0.1, 0.15) is 221 Å². The first-order valence-electron chi connectivity index (χ1n) is 20.9. The van der Waals surface area contributed by atoms with Gasteiger partial charge in [0.25, 0.3) is 0 Å². The Balaban J connectivity index is -0.0000101. The highest BCUT2D eigenvalue weighted by molar-refractivity contribution is 5.85. The standard InChI is InChI=1S/C41H84N2O3.2ClH/c1-7-13-19-21-23-25-27-29-31-33-39(42(35-15-9-3)36-16-10-4)45-41(44)46-40(43(37-17-11-5)38-18-12-6)34-32-30-28-26-24-22-20-14-8-2;;/h39-40H,7-38H2,1-6H3;2*1H. The lowest BCUT2D eigenvalue weighted by atomic mass is 10.1. The van der Waals surface area contributed by atoms with Crippen LogP contribution >= 0.6 is 24.8 Å². The molecule has 5 nitrogen and oxygen atoms in total. The van der Waals surface area contributed by atoms with Crippen molar-refractivity contribution in [2.24, 2.45) is 0 Å². The van der Waals surface area contributed by atoms with Crippen molar-refractivity contribution in [2.45, 2.75) is 234 Å². The fraction of sp³-hybridized carbons (Fsp3) is 0.976. The van der Waals surface area contributed by atoms with Crippen LogP contribution in [0, 0.1) is 0 Å². The van der Waals surface area contributed by atoms with Gasteiger partial charge in [-0.2, -0.15) is 0 Å². The summed E-state index contributed by atoms with van der Waals surface area (Å²) < 4.78 is 12.6. The van der Waals surface area contributed by atoms with Gasteiger partial charge >= 0.3 is 6.16 Å². The highest BCUT2D eigenvalue weighted by atomic mass is 35.5. The van der Waals surface area contributed by atoms with Crippen LogP contribution in [0.2, 0.25) is 0 Å². The molecule has 0 saturated carbocycles. The molecule has 0 heterocycles. The van der Waals surface area contributed by atoms with Gasteiger partial charge < -0.3 is 9.47 Å². The maximum Gasteiger partial charge on any atom is 0.511 e. The van der Waals surface area contributed by atoms with Gasteiger partial charge in [0.05, 0.1) is 0 Å². The van der Waals surface area contributed by atoms with Crippen LogP contribution in [-0.2, 0) is 9.47 Å². The molecule has 48 heavy (non-hydrogen) atoms. The number of hydrogen-bond acceptors (Lipinski definition) is 5. The van der Waals surface area contributed by atoms with Gasteiger partial charge in [-0.25, -0.2) is 4.79 Å². The molecule has 2 atom stereocenters. The SMILES string of the molecule is CCCCCCCCCCCC(OC(=O)OC(CCCCCCCCCCC)N(CCCC)CCCC)N(CCCC)CCCC.Cl.Cl. The van der Waals surface area contributed by atoms with Crippen molar-refractivity contribution in [3.8, 4) is 0 Å². The molecule has 0 aromatic carbocycles. The second kappa shape index (κ2) is 41.2. The van der Waals surface area contributed by atoms with Gasteiger partial charge in [0.15, 0.2) is 12.5 Å². The fourth-order valence-electron chi connectivity index (χ4n) is 6.39. The number of unbranched alkanes of at least 4 members (excludes halogenated alkanes) is 20. The van der Waals surface area contributed by atoms with Crippen molar-refractivity contribution in [1.82, 2.24) is 9.80 Å². The normalized spacial score (nSPS) is 12.5. The predicted molar refractivity (Wildman–Crippen MR) is 216 cm³/mol. The summed E-state index contributed by atoms with van der Waals surface area (Å²) in [6.45, 7) is 17.5. The predicted octanol–water partition coefficient (Wildman–Crippen LogP) is 14.3. The molecule has 0 radical (unpaired) electrons. The summed E-state index contributed by atoms with van der Waals surface area (Å²) in [7, 11) is 0. The zero-order valence-corrected chi connectivity index (χ0v) is 34.9. The second-order valence-electron chi connectivity index (χ2n) is 14.1. The lowest BCUT2D eigenvalue weighted by Gasteiger charge is -2.34. The quantitative estimate of drug-likeness (QED) is 0.0365. The number of nitrogens with zero attached hydrogens (tertiary/aromatic N) is 2. The third kappa shape index (κ3) is 31.7. The summed E-state index contributed by atoms with van der Waals surface area (Å²) in [6.07, 6.45) is 33.7. The first kappa shape index (κ1) is 52.1. The topological polar surface area (TPSA) is 42.0 Å². The number of halogens is 2. The summed E-state index contributed by atoms with van der Waals surface area (Å²) in [5.41, 5.74) is 0. The fourth-order valence-corrected chi connectivity index (χ4v) is 6.39. The Hall–Kier alpha value is -0.230. The van der Waals surface area contributed by atoms with Crippen molar-refractivity contribution in [1.29, 1.82) is 0 Å². The largest absolute Gasteiger partial charge is 0.511 e. The van der Waals surface area contributed by atoms with E-state index in [0.717, 1.165) is 103 Å². The minimum atomic E-state index is -0.446. The molecule has 7 heteroatoms. The summed E-state index contributed by atoms with van der Waals surface area (Å²) in [4.78, 5) is 18.5. The van der Waals surface area contributed by atoms with E-state index in [9.17, 15) is 4.79 Å². The Kier molecular flexibility index (Phi) is 44.7. The molecule has 0 N–H and O–H groups in total. The van der Waals surface area contributed by atoms with E-state index >= 15 is 0 Å². The first-order valence-corrected chi connectivity index (χ1v) is 20.9. The van der Waals surface area contributed by atoms with E-state index in [1.807, 2.05) is 0 Å². The molecule has 0 aliphatic carbocycles. The van der Waals surface area contributed by atoms with Gasteiger partial charge in [0.2, 0.25) is 0 Å². The molecular weight excluding hydrogens is 639 g/mol. The van der Waals surface area contributed by atoms with E-state index in [0.29, 0.717) is 0 Å². The molecule has 0 aromatic rings. The molecule has 0 aliphatic heterocycles. The van der Waals surface area contributed by atoms with Crippen molar-refractivity contribution in [3.63, 3.8) is 0 Å². The summed E-state index contributed by atoms with van der Waals surface area (Å²) >= 11 is 0. The van der Waals surface area contributed by atoms with Crippen LogP contribution < -0.4 is 0 Å². The van der Waals surface area contributed by atoms with Crippen LogP contribution in [0.15, 0.2) is 0 Å². The number of ether oxygens (including phenoxy) is 2. The Bertz CT molecular complexity index is 563. The van der Waals surface area contributed by atoms with Gasteiger partial charge in [-0.3, -0.25) is 9.80 Å². The average molecular weight is 726 g/mol. The van der Waals surface area contributed by atoms with Gasteiger partial charge in [-0.15, -0.1) is 24.8 Å². The van der Waals surface area contributed by atoms with Gasteiger partial charge in [0, 0.05) is 26.2 Å². The van der Waals surface area contributed by atoms with E-state index in [1.165, 1.54) is 103 Å². The molecule has 0 bridgehead atoms. The Morgan fingerprint density at radius 1 is 0.375 bits per heavy atom. The van der Waals surface area contributed by atoms with E-state index < -0.39 is 6.16 Å². The molecule has 0 spiro atoms. The molecule has 0 saturated heterocycles. The lowest BCUT2D eigenvalue weighted by Crippen LogP contribution is -2.43. The molecule has 0 amide bonds. The minimum Gasteiger partial charge on any atom is -0.415 e. The summed E-state index contributed by atoms with van der Waals surface area (Å²) in [5, 5.41) is 0. The summed E-state index contributed by atoms with van der Waals surface area (Å²) in [5.74, 6) is 0. The van der Waals surface area contributed by atoms with Crippen LogP contribution in [-0.4, -0.2) is 54.6 Å². The smallest absolute Gasteiger partial charge is 0.415 e. The molecule has 0 rings (SSSR count). The lowest BCUT2D eigenvalue weighted by molar-refractivity contribution is -0.0953. The van der Waals surface area contributed by atoms with Crippen LogP contribution in [0.3, 0.4) is 0 Å². The van der Waals surface area contributed by atoms with Crippen molar-refractivity contribution < 1.29 is 14.3 Å². The molecule has 292 valence electrons. The maximum atomic E-state index is 13.6. The Labute approximate surface area is 314 Å². The molecule has 0 fully saturated rings. The number of hydrogen-bond donors (Lipinski definition) is 0. The molecule has 0 aromatic heterocycles. The van der Waals surface area contributed by atoms with Gasteiger partial charge in [0.1, 0.15) is 0 Å². The monoisotopic (exact) mass is 725 g/mol. The van der Waals surface area contributed by atoms with E-state index in [4.69, 9.17) is 9.47 Å². The van der Waals surface area contributed by atoms with Crippen molar-refractivity contribution in [3.05, 3.63) is 0 Å². The van der Waals surface area contributed by atoms with Gasteiger partial charge in [-0.05, 0) is 51.4 Å². The Morgan fingerprint density at radius 3 is 0.854 bits per heavy atom. The average Bonchev–Trinajstić information content (AvgIpc) is 3.06. The highest BCUT2D eigenvalue weighted by Crippen LogP contribution is 2.20. The Morgan fingerprint density at radius 2 is 0.604 bits per heavy atom. The van der Waals surface area contributed by atoms with Crippen LogP contribution in [0.5, 0.6) is 0 Å². The van der Waals surface area contributed by atoms with E-state index in [1.54, 1.807) is 0 Å². The number of rotatable bonds is 36. The first-order chi connectivity index (χ1) is 22.6. The van der Waals surface area contributed by atoms with E-state index in [2.05, 4.69) is 51.3 Å². The van der Waals surface area contributed by atoms with Crippen molar-refractivity contribution >= 4 is 31.0 Å². The highest BCUT2D eigenvalue weighted by Gasteiger charge is 2.27. The van der Waals surface area contributed by atoms with Gasteiger partial charge in [-0.1, -0.05) is 170 Å². The number of carbonyl (C=O) groups is 1. The molecular formula is C41H86Cl2N2O3. The third-order valence-corrected chi connectivity index (χ3v) is 9.58. The minimum absolute atomic E-state index is 0. The maximum absolute atomic E-state index is 13.6. The third-order valence-electron chi connectivity index (χ3n) is 9.58.